The normalized spacial score (nSPS) is 12.2. The van der Waals surface area contributed by atoms with Gasteiger partial charge in [-0.3, -0.25) is 0 Å². The first-order valence-corrected chi connectivity index (χ1v) is 7.51. The molecule has 1 N–H and O–H groups in total. The van der Waals surface area contributed by atoms with Crippen molar-refractivity contribution in [3.63, 3.8) is 0 Å². The van der Waals surface area contributed by atoms with Crippen molar-refractivity contribution in [1.82, 2.24) is 0 Å². The molecule has 2 aromatic rings. The van der Waals surface area contributed by atoms with Crippen molar-refractivity contribution in [3.05, 3.63) is 63.6 Å². The van der Waals surface area contributed by atoms with E-state index in [1.165, 1.54) is 22.4 Å². The lowest BCUT2D eigenvalue weighted by molar-refractivity contribution is 0.878. The topological polar surface area (TPSA) is 12.0 Å². The molecule has 19 heavy (non-hydrogen) atoms. The highest BCUT2D eigenvalue weighted by Gasteiger charge is 2.08. The maximum absolute atomic E-state index is 3.60. The van der Waals surface area contributed by atoms with Gasteiger partial charge in [-0.15, -0.1) is 0 Å². The van der Waals surface area contributed by atoms with Crippen LogP contribution in [0.3, 0.4) is 0 Å². The van der Waals surface area contributed by atoms with Gasteiger partial charge < -0.3 is 5.32 Å². The average molecular weight is 318 g/mol. The molecule has 0 heterocycles. The van der Waals surface area contributed by atoms with Gasteiger partial charge in [0.1, 0.15) is 0 Å². The van der Waals surface area contributed by atoms with Gasteiger partial charge in [0.25, 0.3) is 0 Å². The molecule has 0 saturated heterocycles. The molecule has 0 aromatic heterocycles. The summed E-state index contributed by atoms with van der Waals surface area (Å²) in [5, 5.41) is 3.60. The third kappa shape index (κ3) is 3.60. The quantitative estimate of drug-likeness (QED) is 0.785. The summed E-state index contributed by atoms with van der Waals surface area (Å²) in [6, 6.07) is 15.4. The fraction of sp³-hybridized carbons (Fsp3) is 0.294. The number of anilines is 1. The zero-order valence-electron chi connectivity index (χ0n) is 11.7. The molecule has 0 aliphatic rings. The summed E-state index contributed by atoms with van der Waals surface area (Å²) in [4.78, 5) is 0. The Morgan fingerprint density at radius 2 is 1.79 bits per heavy atom. The monoisotopic (exact) mass is 317 g/mol. The van der Waals surface area contributed by atoms with Crippen molar-refractivity contribution in [3.8, 4) is 0 Å². The summed E-state index contributed by atoms with van der Waals surface area (Å²) in [6.45, 7) is 6.50. The fourth-order valence-electron chi connectivity index (χ4n) is 2.17. The molecule has 100 valence electrons. The van der Waals surface area contributed by atoms with E-state index < -0.39 is 0 Å². The lowest BCUT2D eigenvalue weighted by Crippen LogP contribution is -2.08. The average Bonchev–Trinajstić information content (AvgIpc) is 2.41. The smallest absolute Gasteiger partial charge is 0.0485 e. The Kier molecular flexibility index (Phi) is 4.65. The van der Waals surface area contributed by atoms with Crippen molar-refractivity contribution < 1.29 is 0 Å². The van der Waals surface area contributed by atoms with Crippen LogP contribution in [0.1, 0.15) is 36.6 Å². The summed E-state index contributed by atoms with van der Waals surface area (Å²) >= 11 is 3.53. The number of benzene rings is 2. The minimum Gasteiger partial charge on any atom is -0.378 e. The number of hydrogen-bond acceptors (Lipinski definition) is 1. The molecule has 0 fully saturated rings. The van der Waals surface area contributed by atoms with Crippen LogP contribution in [0.25, 0.3) is 0 Å². The predicted molar refractivity (Wildman–Crippen MR) is 86.7 cm³/mol. The Morgan fingerprint density at radius 3 is 2.42 bits per heavy atom. The van der Waals surface area contributed by atoms with Crippen LogP contribution in [-0.4, -0.2) is 0 Å². The molecule has 1 nitrogen and oxygen atoms in total. The molecule has 0 saturated carbocycles. The molecule has 0 bridgehead atoms. The molecule has 0 amide bonds. The van der Waals surface area contributed by atoms with Crippen LogP contribution < -0.4 is 5.32 Å². The van der Waals surface area contributed by atoms with Crippen molar-refractivity contribution in [1.29, 1.82) is 0 Å². The summed E-state index contributed by atoms with van der Waals surface area (Å²) in [6.07, 6.45) is 1.03. The van der Waals surface area contributed by atoms with Gasteiger partial charge in [-0.25, -0.2) is 0 Å². The molecule has 0 spiro atoms. The minimum absolute atomic E-state index is 0.312. The highest BCUT2D eigenvalue weighted by Crippen LogP contribution is 2.26. The first-order valence-electron chi connectivity index (χ1n) is 6.71. The second-order valence-electron chi connectivity index (χ2n) is 4.93. The van der Waals surface area contributed by atoms with Gasteiger partial charge >= 0.3 is 0 Å². The second kappa shape index (κ2) is 6.25. The molecule has 0 radical (unpaired) electrons. The highest BCUT2D eigenvalue weighted by atomic mass is 79.9. The molecule has 2 aromatic carbocycles. The lowest BCUT2D eigenvalue weighted by atomic mass is 10.0. The van der Waals surface area contributed by atoms with Crippen LogP contribution in [0.2, 0.25) is 0 Å². The van der Waals surface area contributed by atoms with E-state index in [1.807, 2.05) is 0 Å². The Balaban J connectivity index is 2.18. The third-order valence-corrected chi connectivity index (χ3v) is 3.89. The van der Waals surface area contributed by atoms with Crippen molar-refractivity contribution >= 4 is 21.6 Å². The maximum atomic E-state index is 3.60. The Morgan fingerprint density at radius 1 is 1.11 bits per heavy atom. The highest BCUT2D eigenvalue weighted by molar-refractivity contribution is 9.10. The molecular formula is C17H20BrN. The number of halogens is 1. The fourth-order valence-corrected chi connectivity index (χ4v) is 2.58. The van der Waals surface area contributed by atoms with Crippen LogP contribution in [0.5, 0.6) is 0 Å². The largest absolute Gasteiger partial charge is 0.378 e. The van der Waals surface area contributed by atoms with Gasteiger partial charge in [-0.1, -0.05) is 52.7 Å². The van der Waals surface area contributed by atoms with Crippen molar-refractivity contribution in [2.24, 2.45) is 0 Å². The summed E-state index contributed by atoms with van der Waals surface area (Å²) in [5.41, 5.74) is 5.18. The number of hydrogen-bond donors (Lipinski definition) is 1. The van der Waals surface area contributed by atoms with Crippen molar-refractivity contribution in [2.45, 2.75) is 33.2 Å². The van der Waals surface area contributed by atoms with Crippen molar-refractivity contribution in [2.75, 3.05) is 5.32 Å². The number of nitrogens with one attached hydrogen (secondary N) is 1. The Labute approximate surface area is 124 Å². The standard InChI is InChI=1S/C17H20BrN/c1-4-14-11-16(18)9-10-17(14)19-13(3)15-7-5-12(2)6-8-15/h5-11,13,19H,4H2,1-3H3. The maximum Gasteiger partial charge on any atom is 0.0485 e. The van der Waals surface area contributed by atoms with E-state index in [-0.39, 0.29) is 0 Å². The molecule has 1 atom stereocenters. The molecule has 0 aliphatic heterocycles. The van der Waals surface area contributed by atoms with Crippen LogP contribution >= 0.6 is 15.9 Å². The van der Waals surface area contributed by atoms with E-state index in [4.69, 9.17) is 0 Å². The zero-order chi connectivity index (χ0) is 13.8. The van der Waals surface area contributed by atoms with E-state index in [2.05, 4.69) is 84.5 Å². The lowest BCUT2D eigenvalue weighted by Gasteiger charge is -2.18. The van der Waals surface area contributed by atoms with E-state index >= 15 is 0 Å². The van der Waals surface area contributed by atoms with Gasteiger partial charge in [0.15, 0.2) is 0 Å². The minimum atomic E-state index is 0.312. The first-order chi connectivity index (χ1) is 9.10. The summed E-state index contributed by atoms with van der Waals surface area (Å²) < 4.78 is 1.14. The summed E-state index contributed by atoms with van der Waals surface area (Å²) in [5.74, 6) is 0. The first kappa shape index (κ1) is 14.1. The van der Waals surface area contributed by atoms with Gasteiger partial charge in [-0.05, 0) is 49.6 Å². The van der Waals surface area contributed by atoms with E-state index in [0.717, 1.165) is 10.9 Å². The van der Waals surface area contributed by atoms with Gasteiger partial charge in [0, 0.05) is 16.2 Å². The molecule has 1 unspecified atom stereocenters. The summed E-state index contributed by atoms with van der Waals surface area (Å²) in [7, 11) is 0. The van der Waals surface area contributed by atoms with Crippen LogP contribution in [0.15, 0.2) is 46.9 Å². The van der Waals surface area contributed by atoms with Crippen LogP contribution in [0.4, 0.5) is 5.69 Å². The van der Waals surface area contributed by atoms with Crippen LogP contribution in [-0.2, 0) is 6.42 Å². The predicted octanol–water partition coefficient (Wildman–Crippen LogP) is 5.49. The second-order valence-corrected chi connectivity index (χ2v) is 5.85. The molecule has 0 aliphatic carbocycles. The SMILES string of the molecule is CCc1cc(Br)ccc1NC(C)c1ccc(C)cc1. The zero-order valence-corrected chi connectivity index (χ0v) is 13.3. The Bertz CT molecular complexity index is 546. The molecular weight excluding hydrogens is 298 g/mol. The molecule has 2 heteroatoms. The number of aryl methyl sites for hydroxylation is 2. The van der Waals surface area contributed by atoms with Gasteiger partial charge in [-0.2, -0.15) is 0 Å². The molecule has 2 rings (SSSR count). The van der Waals surface area contributed by atoms with E-state index in [9.17, 15) is 0 Å². The van der Waals surface area contributed by atoms with E-state index in [1.54, 1.807) is 0 Å². The Hall–Kier alpha value is -1.28. The van der Waals surface area contributed by atoms with Gasteiger partial charge in [0.05, 0.1) is 0 Å². The van der Waals surface area contributed by atoms with Gasteiger partial charge in [0.2, 0.25) is 0 Å². The third-order valence-electron chi connectivity index (χ3n) is 3.40. The number of rotatable bonds is 4. The van der Waals surface area contributed by atoms with E-state index in [0.29, 0.717) is 6.04 Å². The van der Waals surface area contributed by atoms with Crippen LogP contribution in [0, 0.1) is 6.92 Å².